The monoisotopic (exact) mass is 327 g/mol. The molecule has 20 heavy (non-hydrogen) atoms. The van der Waals surface area contributed by atoms with E-state index in [0.29, 0.717) is 11.1 Å². The van der Waals surface area contributed by atoms with Gasteiger partial charge >= 0.3 is 0 Å². The van der Waals surface area contributed by atoms with Gasteiger partial charge in [-0.15, -0.1) is 11.3 Å². The van der Waals surface area contributed by atoms with Gasteiger partial charge in [0.2, 0.25) is 0 Å². The SMILES string of the molecule is CCNC(CCc1cccs1)Cc1ccc(Cl)cc1Cl. The largest absolute Gasteiger partial charge is 0.314 e. The lowest BCUT2D eigenvalue weighted by molar-refractivity contribution is 0.492. The van der Waals surface area contributed by atoms with Gasteiger partial charge in [0.25, 0.3) is 0 Å². The second-order valence-corrected chi connectivity index (χ2v) is 6.69. The van der Waals surface area contributed by atoms with Crippen molar-refractivity contribution in [3.05, 3.63) is 56.2 Å². The lowest BCUT2D eigenvalue weighted by Crippen LogP contribution is -2.31. The highest BCUT2D eigenvalue weighted by atomic mass is 35.5. The molecule has 0 spiro atoms. The van der Waals surface area contributed by atoms with Gasteiger partial charge in [-0.2, -0.15) is 0 Å². The fourth-order valence-corrected chi connectivity index (χ4v) is 3.50. The number of likely N-dealkylation sites (N-methyl/N-ethyl adjacent to an activating group) is 1. The minimum atomic E-state index is 0.445. The van der Waals surface area contributed by atoms with Crippen LogP contribution in [0.15, 0.2) is 35.7 Å². The molecule has 1 aromatic heterocycles. The molecule has 1 N–H and O–H groups in total. The van der Waals surface area contributed by atoms with Gasteiger partial charge in [0.05, 0.1) is 0 Å². The Labute approximate surface area is 134 Å². The second-order valence-electron chi connectivity index (χ2n) is 4.81. The van der Waals surface area contributed by atoms with Crippen LogP contribution in [0.3, 0.4) is 0 Å². The van der Waals surface area contributed by atoms with Crippen LogP contribution in [-0.2, 0) is 12.8 Å². The summed E-state index contributed by atoms with van der Waals surface area (Å²) in [6.07, 6.45) is 3.17. The highest BCUT2D eigenvalue weighted by Crippen LogP contribution is 2.23. The number of aryl methyl sites for hydroxylation is 1. The quantitative estimate of drug-likeness (QED) is 0.736. The zero-order valence-corrected chi connectivity index (χ0v) is 13.9. The van der Waals surface area contributed by atoms with Crippen molar-refractivity contribution in [2.45, 2.75) is 32.2 Å². The van der Waals surface area contributed by atoms with Crippen molar-refractivity contribution in [1.29, 1.82) is 0 Å². The van der Waals surface area contributed by atoms with Crippen LogP contribution < -0.4 is 5.32 Å². The molecule has 0 radical (unpaired) electrons. The number of halogens is 2. The van der Waals surface area contributed by atoms with Crippen LogP contribution in [0, 0.1) is 0 Å². The molecule has 1 nitrogen and oxygen atoms in total. The molecule has 0 aliphatic rings. The highest BCUT2D eigenvalue weighted by Gasteiger charge is 2.11. The lowest BCUT2D eigenvalue weighted by atomic mass is 10.0. The zero-order valence-electron chi connectivity index (χ0n) is 11.5. The molecule has 0 aliphatic heterocycles. The summed E-state index contributed by atoms with van der Waals surface area (Å²) in [6.45, 7) is 3.11. The molecule has 1 unspecified atom stereocenters. The van der Waals surface area contributed by atoms with Gasteiger partial charge in [-0.3, -0.25) is 0 Å². The Morgan fingerprint density at radius 2 is 2.10 bits per heavy atom. The van der Waals surface area contributed by atoms with E-state index >= 15 is 0 Å². The summed E-state index contributed by atoms with van der Waals surface area (Å²) in [4.78, 5) is 1.44. The average Bonchev–Trinajstić information content (AvgIpc) is 2.92. The molecule has 4 heteroatoms. The van der Waals surface area contributed by atoms with Crippen LogP contribution in [0.2, 0.25) is 10.0 Å². The van der Waals surface area contributed by atoms with Crippen molar-refractivity contribution in [3.8, 4) is 0 Å². The first-order chi connectivity index (χ1) is 9.69. The summed E-state index contributed by atoms with van der Waals surface area (Å²) >= 11 is 14.0. The molecule has 2 rings (SSSR count). The summed E-state index contributed by atoms with van der Waals surface area (Å²) in [5.74, 6) is 0. The topological polar surface area (TPSA) is 12.0 Å². The minimum Gasteiger partial charge on any atom is -0.314 e. The molecule has 108 valence electrons. The van der Waals surface area contributed by atoms with Crippen molar-refractivity contribution in [2.24, 2.45) is 0 Å². The van der Waals surface area contributed by atoms with Crippen molar-refractivity contribution in [2.75, 3.05) is 6.54 Å². The third kappa shape index (κ3) is 4.78. The van der Waals surface area contributed by atoms with Gasteiger partial charge in [0.15, 0.2) is 0 Å². The summed E-state index contributed by atoms with van der Waals surface area (Å²) in [5, 5.41) is 7.13. The number of nitrogens with one attached hydrogen (secondary N) is 1. The summed E-state index contributed by atoms with van der Waals surface area (Å²) < 4.78 is 0. The first-order valence-electron chi connectivity index (χ1n) is 6.88. The standard InChI is InChI=1S/C16H19Cl2NS/c1-2-19-14(7-8-15-4-3-9-20-15)10-12-5-6-13(17)11-16(12)18/h3-6,9,11,14,19H,2,7-8,10H2,1H3. The third-order valence-electron chi connectivity index (χ3n) is 3.29. The van der Waals surface area contributed by atoms with Crippen molar-refractivity contribution in [3.63, 3.8) is 0 Å². The van der Waals surface area contributed by atoms with Crippen LogP contribution in [0.5, 0.6) is 0 Å². The maximum atomic E-state index is 6.26. The number of hydrogen-bond acceptors (Lipinski definition) is 2. The Morgan fingerprint density at radius 1 is 1.25 bits per heavy atom. The summed E-state index contributed by atoms with van der Waals surface area (Å²) in [6, 6.07) is 10.5. The maximum Gasteiger partial charge on any atom is 0.0453 e. The fraction of sp³-hybridized carbons (Fsp3) is 0.375. The Bertz CT molecular complexity index is 525. The van der Waals surface area contributed by atoms with E-state index in [-0.39, 0.29) is 0 Å². The first-order valence-corrected chi connectivity index (χ1v) is 8.52. The highest BCUT2D eigenvalue weighted by molar-refractivity contribution is 7.09. The summed E-state index contributed by atoms with van der Waals surface area (Å²) in [5.41, 5.74) is 1.16. The maximum absolute atomic E-state index is 6.26. The van der Waals surface area contributed by atoms with E-state index in [4.69, 9.17) is 23.2 Å². The van der Waals surface area contributed by atoms with E-state index in [9.17, 15) is 0 Å². The predicted molar refractivity (Wildman–Crippen MR) is 90.3 cm³/mol. The Balaban J connectivity index is 1.97. The van der Waals surface area contributed by atoms with Gasteiger partial charge < -0.3 is 5.32 Å². The molecule has 0 saturated carbocycles. The molecular weight excluding hydrogens is 309 g/mol. The molecule has 1 aromatic carbocycles. The molecule has 0 aliphatic carbocycles. The predicted octanol–water partition coefficient (Wildman–Crippen LogP) is 5.21. The van der Waals surface area contributed by atoms with Gasteiger partial charge in [-0.05, 0) is 54.9 Å². The zero-order chi connectivity index (χ0) is 14.4. The molecular formula is C16H19Cl2NS. The number of benzene rings is 1. The third-order valence-corrected chi connectivity index (χ3v) is 4.82. The number of hydrogen-bond donors (Lipinski definition) is 1. The molecule has 0 fully saturated rings. The fourth-order valence-electron chi connectivity index (χ4n) is 2.29. The van der Waals surface area contributed by atoms with Gasteiger partial charge in [-0.1, -0.05) is 42.3 Å². The van der Waals surface area contributed by atoms with Crippen molar-refractivity contribution < 1.29 is 0 Å². The molecule has 1 heterocycles. The van der Waals surface area contributed by atoms with Crippen molar-refractivity contribution in [1.82, 2.24) is 5.32 Å². The van der Waals surface area contributed by atoms with Crippen LogP contribution in [-0.4, -0.2) is 12.6 Å². The summed E-state index contributed by atoms with van der Waals surface area (Å²) in [7, 11) is 0. The van der Waals surface area contributed by atoms with Gasteiger partial charge in [0.1, 0.15) is 0 Å². The van der Waals surface area contributed by atoms with Crippen LogP contribution >= 0.6 is 34.5 Å². The molecule has 1 atom stereocenters. The first kappa shape index (κ1) is 15.8. The molecule has 2 aromatic rings. The Morgan fingerprint density at radius 3 is 2.75 bits per heavy atom. The second kappa shape index (κ2) is 8.04. The lowest BCUT2D eigenvalue weighted by Gasteiger charge is -2.18. The van der Waals surface area contributed by atoms with E-state index in [1.165, 1.54) is 4.88 Å². The van der Waals surface area contributed by atoms with E-state index < -0.39 is 0 Å². The van der Waals surface area contributed by atoms with Gasteiger partial charge in [0, 0.05) is 21.0 Å². The van der Waals surface area contributed by atoms with E-state index in [1.807, 2.05) is 29.5 Å². The number of thiophene rings is 1. The number of rotatable bonds is 7. The van der Waals surface area contributed by atoms with Crippen LogP contribution in [0.1, 0.15) is 23.8 Å². The molecule has 0 amide bonds. The Hall–Kier alpha value is -0.540. The van der Waals surface area contributed by atoms with Gasteiger partial charge in [-0.25, -0.2) is 0 Å². The van der Waals surface area contributed by atoms with E-state index in [2.05, 4.69) is 29.8 Å². The van der Waals surface area contributed by atoms with E-state index in [1.54, 1.807) is 0 Å². The molecule has 0 saturated heterocycles. The van der Waals surface area contributed by atoms with Crippen molar-refractivity contribution >= 4 is 34.5 Å². The average molecular weight is 328 g/mol. The molecule has 0 bridgehead atoms. The smallest absolute Gasteiger partial charge is 0.0453 e. The normalized spacial score (nSPS) is 12.6. The Kier molecular flexibility index (Phi) is 6.37. The van der Waals surface area contributed by atoms with Crippen LogP contribution in [0.4, 0.5) is 0 Å². The van der Waals surface area contributed by atoms with Crippen LogP contribution in [0.25, 0.3) is 0 Å². The van der Waals surface area contributed by atoms with E-state index in [0.717, 1.165) is 36.4 Å². The minimum absolute atomic E-state index is 0.445.